The number of nitrogens with zero attached hydrogens (tertiary/aromatic N) is 1. The summed E-state index contributed by atoms with van der Waals surface area (Å²) >= 11 is 0. The van der Waals surface area contributed by atoms with Gasteiger partial charge in [-0.05, 0) is 6.92 Å². The normalized spacial score (nSPS) is 10.6. The van der Waals surface area contributed by atoms with E-state index in [0.717, 1.165) is 0 Å². The molecule has 0 fully saturated rings. The molecule has 0 saturated carbocycles. The zero-order chi connectivity index (χ0) is 10.6. The molecule has 1 aromatic heterocycles. The van der Waals surface area contributed by atoms with Crippen molar-refractivity contribution in [3.05, 3.63) is 17.8 Å². The third kappa shape index (κ3) is 2.87. The number of ether oxygens (including phenoxy) is 1. The number of esters is 1. The van der Waals surface area contributed by atoms with Gasteiger partial charge in [-0.1, -0.05) is 13.8 Å². The molecule has 0 spiro atoms. The number of carbonyl (C=O) groups excluding carboxylic acids is 1. The van der Waals surface area contributed by atoms with Crippen molar-refractivity contribution in [2.24, 2.45) is 0 Å². The van der Waals surface area contributed by atoms with Crippen LogP contribution in [0.4, 0.5) is 0 Å². The Morgan fingerprint density at radius 3 is 2.86 bits per heavy atom. The van der Waals surface area contributed by atoms with Gasteiger partial charge in [-0.15, -0.1) is 0 Å². The molecule has 0 amide bonds. The van der Waals surface area contributed by atoms with Crippen molar-refractivity contribution >= 4 is 5.97 Å². The van der Waals surface area contributed by atoms with Gasteiger partial charge in [0.1, 0.15) is 6.26 Å². The van der Waals surface area contributed by atoms with E-state index in [-0.39, 0.29) is 18.3 Å². The van der Waals surface area contributed by atoms with Gasteiger partial charge in [0, 0.05) is 5.92 Å². The summed E-state index contributed by atoms with van der Waals surface area (Å²) in [5.74, 6) is 0.631. The summed E-state index contributed by atoms with van der Waals surface area (Å²) in [7, 11) is 0. The lowest BCUT2D eigenvalue weighted by Crippen LogP contribution is -2.07. The lowest BCUT2D eigenvalue weighted by molar-refractivity contribution is -0.142. The van der Waals surface area contributed by atoms with Crippen molar-refractivity contribution < 1.29 is 13.9 Å². The Bertz CT molecular complexity index is 304. The first kappa shape index (κ1) is 10.8. The number of carbonyl (C=O) groups is 1. The summed E-state index contributed by atoms with van der Waals surface area (Å²) in [6.45, 7) is 6.15. The zero-order valence-electron chi connectivity index (χ0n) is 8.74. The highest BCUT2D eigenvalue weighted by Crippen LogP contribution is 2.13. The van der Waals surface area contributed by atoms with E-state index in [1.165, 1.54) is 6.26 Å². The van der Waals surface area contributed by atoms with E-state index in [1.54, 1.807) is 6.92 Å². The average molecular weight is 197 g/mol. The SMILES string of the molecule is CCOC(=O)Cc1coc(C(C)C)n1. The summed E-state index contributed by atoms with van der Waals surface area (Å²) in [4.78, 5) is 15.3. The minimum Gasteiger partial charge on any atom is -0.466 e. The standard InChI is InChI=1S/C10H15NO3/c1-4-13-9(12)5-8-6-14-10(11-8)7(2)3/h6-7H,4-5H2,1-3H3. The predicted molar refractivity (Wildman–Crippen MR) is 50.9 cm³/mol. The first-order valence-electron chi connectivity index (χ1n) is 4.73. The number of hydrogen-bond acceptors (Lipinski definition) is 4. The fourth-order valence-electron chi connectivity index (χ4n) is 1.03. The minimum atomic E-state index is -0.267. The molecule has 0 unspecified atom stereocenters. The molecule has 0 bridgehead atoms. The molecule has 4 heteroatoms. The van der Waals surface area contributed by atoms with Crippen molar-refractivity contribution in [1.29, 1.82) is 0 Å². The van der Waals surface area contributed by atoms with Gasteiger partial charge in [-0.3, -0.25) is 4.79 Å². The van der Waals surface area contributed by atoms with Crippen LogP contribution in [-0.4, -0.2) is 17.6 Å². The summed E-state index contributed by atoms with van der Waals surface area (Å²) in [5, 5.41) is 0. The molecule has 78 valence electrons. The van der Waals surface area contributed by atoms with E-state index >= 15 is 0 Å². The fourth-order valence-corrected chi connectivity index (χ4v) is 1.03. The van der Waals surface area contributed by atoms with Gasteiger partial charge < -0.3 is 9.15 Å². The molecule has 0 aromatic carbocycles. The lowest BCUT2D eigenvalue weighted by Gasteiger charge is -1.97. The summed E-state index contributed by atoms with van der Waals surface area (Å²) < 4.78 is 9.98. The maximum absolute atomic E-state index is 11.1. The van der Waals surface area contributed by atoms with Gasteiger partial charge in [0.05, 0.1) is 18.7 Å². The Kier molecular flexibility index (Phi) is 3.68. The monoisotopic (exact) mass is 197 g/mol. The van der Waals surface area contributed by atoms with E-state index in [0.29, 0.717) is 18.2 Å². The van der Waals surface area contributed by atoms with E-state index < -0.39 is 0 Å². The first-order chi connectivity index (χ1) is 6.63. The van der Waals surface area contributed by atoms with Crippen LogP contribution in [0.2, 0.25) is 0 Å². The van der Waals surface area contributed by atoms with Crippen molar-refractivity contribution in [2.75, 3.05) is 6.61 Å². The lowest BCUT2D eigenvalue weighted by atomic mass is 10.2. The van der Waals surface area contributed by atoms with Crippen LogP contribution in [-0.2, 0) is 16.0 Å². The molecule has 0 N–H and O–H groups in total. The van der Waals surface area contributed by atoms with Gasteiger partial charge in [0.2, 0.25) is 0 Å². The molecule has 0 aliphatic carbocycles. The smallest absolute Gasteiger partial charge is 0.311 e. The molecule has 14 heavy (non-hydrogen) atoms. The molecular formula is C10H15NO3. The van der Waals surface area contributed by atoms with Crippen molar-refractivity contribution in [1.82, 2.24) is 4.98 Å². The molecule has 1 rings (SSSR count). The third-order valence-electron chi connectivity index (χ3n) is 1.69. The number of oxazole rings is 1. The van der Waals surface area contributed by atoms with Gasteiger partial charge >= 0.3 is 5.97 Å². The van der Waals surface area contributed by atoms with Crippen LogP contribution in [0.1, 0.15) is 38.3 Å². The summed E-state index contributed by atoms with van der Waals surface area (Å²) in [5.41, 5.74) is 0.632. The molecule has 4 nitrogen and oxygen atoms in total. The maximum Gasteiger partial charge on any atom is 0.311 e. The Morgan fingerprint density at radius 1 is 1.64 bits per heavy atom. The molecule has 1 aromatic rings. The number of aromatic nitrogens is 1. The maximum atomic E-state index is 11.1. The number of rotatable bonds is 4. The Hall–Kier alpha value is -1.32. The van der Waals surface area contributed by atoms with E-state index in [2.05, 4.69) is 4.98 Å². The quantitative estimate of drug-likeness (QED) is 0.692. The predicted octanol–water partition coefficient (Wildman–Crippen LogP) is 1.90. The molecule has 0 radical (unpaired) electrons. The van der Waals surface area contributed by atoms with Gasteiger partial charge in [-0.25, -0.2) is 4.98 Å². The Labute approximate surface area is 83.3 Å². The van der Waals surface area contributed by atoms with Crippen LogP contribution in [0.25, 0.3) is 0 Å². The van der Waals surface area contributed by atoms with Gasteiger partial charge in [0.15, 0.2) is 5.89 Å². The second-order valence-corrected chi connectivity index (χ2v) is 3.31. The molecule has 1 heterocycles. The van der Waals surface area contributed by atoms with Crippen LogP contribution in [0.5, 0.6) is 0 Å². The van der Waals surface area contributed by atoms with E-state index in [4.69, 9.17) is 9.15 Å². The molecule has 0 aliphatic rings. The van der Waals surface area contributed by atoms with Gasteiger partial charge in [0.25, 0.3) is 0 Å². The first-order valence-corrected chi connectivity index (χ1v) is 4.73. The van der Waals surface area contributed by atoms with Crippen LogP contribution < -0.4 is 0 Å². The van der Waals surface area contributed by atoms with Crippen molar-refractivity contribution in [3.63, 3.8) is 0 Å². The summed E-state index contributed by atoms with van der Waals surface area (Å²) in [6.07, 6.45) is 1.69. The highest BCUT2D eigenvalue weighted by atomic mass is 16.5. The van der Waals surface area contributed by atoms with Crippen LogP contribution >= 0.6 is 0 Å². The molecule has 0 saturated heterocycles. The molecule has 0 aliphatic heterocycles. The highest BCUT2D eigenvalue weighted by Gasteiger charge is 2.11. The van der Waals surface area contributed by atoms with Crippen molar-refractivity contribution in [3.8, 4) is 0 Å². The topological polar surface area (TPSA) is 52.3 Å². The minimum absolute atomic E-state index is 0.185. The Balaban J connectivity index is 2.55. The second kappa shape index (κ2) is 4.79. The van der Waals surface area contributed by atoms with Crippen LogP contribution in [0.3, 0.4) is 0 Å². The average Bonchev–Trinajstić information content (AvgIpc) is 2.53. The highest BCUT2D eigenvalue weighted by molar-refractivity contribution is 5.71. The van der Waals surface area contributed by atoms with Crippen molar-refractivity contribution in [2.45, 2.75) is 33.1 Å². The van der Waals surface area contributed by atoms with Gasteiger partial charge in [-0.2, -0.15) is 0 Å². The van der Waals surface area contributed by atoms with E-state index in [9.17, 15) is 4.79 Å². The molecular weight excluding hydrogens is 182 g/mol. The number of hydrogen-bond donors (Lipinski definition) is 0. The third-order valence-corrected chi connectivity index (χ3v) is 1.69. The van der Waals surface area contributed by atoms with Crippen LogP contribution in [0.15, 0.2) is 10.7 Å². The molecule has 0 atom stereocenters. The Morgan fingerprint density at radius 2 is 2.36 bits per heavy atom. The van der Waals surface area contributed by atoms with Crippen LogP contribution in [0, 0.1) is 0 Å². The summed E-state index contributed by atoms with van der Waals surface area (Å²) in [6, 6.07) is 0. The zero-order valence-corrected chi connectivity index (χ0v) is 8.74. The van der Waals surface area contributed by atoms with E-state index in [1.807, 2.05) is 13.8 Å². The fraction of sp³-hybridized carbons (Fsp3) is 0.600. The largest absolute Gasteiger partial charge is 0.466 e. The second-order valence-electron chi connectivity index (χ2n) is 3.31.